The SMILES string of the molecule is O=C(NO)[C@H]1C[C@@H](C(=O)N2CCCC2)CC[C@@H]1C(=O)N1CCN(c2ccccc2)CC1. The van der Waals surface area contributed by atoms with Gasteiger partial charge in [0.2, 0.25) is 17.7 Å². The molecule has 8 nitrogen and oxygen atoms in total. The third-order valence-corrected chi connectivity index (χ3v) is 7.09. The van der Waals surface area contributed by atoms with E-state index in [9.17, 15) is 19.6 Å². The second kappa shape index (κ2) is 9.68. The molecule has 3 aliphatic rings. The second-order valence-electron chi connectivity index (χ2n) is 8.88. The van der Waals surface area contributed by atoms with Crippen LogP contribution in [-0.2, 0) is 14.4 Å². The van der Waals surface area contributed by atoms with E-state index < -0.39 is 17.7 Å². The summed E-state index contributed by atoms with van der Waals surface area (Å²) in [4.78, 5) is 44.5. The van der Waals surface area contributed by atoms with Crippen LogP contribution in [0.2, 0.25) is 0 Å². The number of hydroxylamine groups is 1. The molecule has 2 aliphatic heterocycles. The van der Waals surface area contributed by atoms with Gasteiger partial charge < -0.3 is 14.7 Å². The summed E-state index contributed by atoms with van der Waals surface area (Å²) in [6, 6.07) is 10.1. The highest BCUT2D eigenvalue weighted by atomic mass is 16.5. The number of benzene rings is 1. The van der Waals surface area contributed by atoms with Crippen molar-refractivity contribution in [1.82, 2.24) is 15.3 Å². The molecular weight excluding hydrogens is 396 g/mol. The topological polar surface area (TPSA) is 93.2 Å². The van der Waals surface area contributed by atoms with Gasteiger partial charge in [-0.3, -0.25) is 19.6 Å². The highest BCUT2D eigenvalue weighted by molar-refractivity contribution is 5.89. The zero-order valence-corrected chi connectivity index (χ0v) is 17.9. The molecule has 3 amide bonds. The fourth-order valence-electron chi connectivity index (χ4n) is 5.32. The standard InChI is InChI=1S/C23H32N4O4/c28-21(24-31)20-16-17(22(29)26-10-4-5-11-26)8-9-19(20)23(30)27-14-12-25(13-15-27)18-6-2-1-3-7-18/h1-3,6-7,17,19-20,31H,4-5,8-16H2,(H,24,28)/t17-,19-,20-/m0/s1. The average molecular weight is 429 g/mol. The predicted molar refractivity (Wildman–Crippen MR) is 115 cm³/mol. The molecule has 1 aliphatic carbocycles. The first-order valence-corrected chi connectivity index (χ1v) is 11.4. The number of anilines is 1. The number of rotatable bonds is 4. The summed E-state index contributed by atoms with van der Waals surface area (Å²) >= 11 is 0. The van der Waals surface area contributed by atoms with Gasteiger partial charge in [0.15, 0.2) is 0 Å². The quantitative estimate of drug-likeness (QED) is 0.560. The molecule has 2 N–H and O–H groups in total. The molecule has 1 aromatic carbocycles. The Bertz CT molecular complexity index is 788. The minimum absolute atomic E-state index is 0.0339. The number of hydrogen-bond acceptors (Lipinski definition) is 5. The minimum Gasteiger partial charge on any atom is -0.368 e. The van der Waals surface area contributed by atoms with Crippen LogP contribution in [0.25, 0.3) is 0 Å². The van der Waals surface area contributed by atoms with Crippen LogP contribution in [-0.4, -0.2) is 72.0 Å². The molecule has 3 atom stereocenters. The maximum atomic E-state index is 13.3. The number of para-hydroxylation sites is 1. The van der Waals surface area contributed by atoms with Crippen LogP contribution in [0.15, 0.2) is 30.3 Å². The molecular formula is C23H32N4O4. The van der Waals surface area contributed by atoms with Gasteiger partial charge in [-0.2, -0.15) is 0 Å². The van der Waals surface area contributed by atoms with Crippen molar-refractivity contribution in [3.63, 3.8) is 0 Å². The Hall–Kier alpha value is -2.61. The summed E-state index contributed by atoms with van der Waals surface area (Å²) in [5.41, 5.74) is 2.88. The van der Waals surface area contributed by atoms with Gasteiger partial charge in [-0.15, -0.1) is 0 Å². The number of hydrogen-bond donors (Lipinski definition) is 2. The Morgan fingerprint density at radius 3 is 2.10 bits per heavy atom. The molecule has 0 radical (unpaired) electrons. The van der Waals surface area contributed by atoms with Gasteiger partial charge in [0, 0.05) is 56.8 Å². The van der Waals surface area contributed by atoms with Crippen molar-refractivity contribution >= 4 is 23.4 Å². The lowest BCUT2D eigenvalue weighted by Gasteiger charge is -2.41. The van der Waals surface area contributed by atoms with Crippen molar-refractivity contribution in [3.05, 3.63) is 30.3 Å². The van der Waals surface area contributed by atoms with Crippen molar-refractivity contribution in [2.75, 3.05) is 44.2 Å². The molecule has 3 fully saturated rings. The number of nitrogens with one attached hydrogen (secondary N) is 1. The first-order chi connectivity index (χ1) is 15.1. The summed E-state index contributed by atoms with van der Waals surface area (Å²) in [6.45, 7) is 4.26. The van der Waals surface area contributed by atoms with Crippen LogP contribution in [0.3, 0.4) is 0 Å². The number of amides is 3. The molecule has 0 unspecified atom stereocenters. The molecule has 2 heterocycles. The van der Waals surface area contributed by atoms with Gasteiger partial charge in [-0.1, -0.05) is 18.2 Å². The Labute approximate surface area is 183 Å². The Balaban J connectivity index is 1.39. The fraction of sp³-hybridized carbons (Fsp3) is 0.609. The first kappa shape index (κ1) is 21.6. The zero-order chi connectivity index (χ0) is 21.8. The lowest BCUT2D eigenvalue weighted by atomic mass is 9.72. The van der Waals surface area contributed by atoms with Gasteiger partial charge in [-0.25, -0.2) is 5.48 Å². The van der Waals surface area contributed by atoms with Gasteiger partial charge in [0.1, 0.15) is 0 Å². The minimum atomic E-state index is -0.671. The third-order valence-electron chi connectivity index (χ3n) is 7.09. The van der Waals surface area contributed by atoms with E-state index in [1.165, 1.54) is 0 Å². The van der Waals surface area contributed by atoms with E-state index in [-0.39, 0.29) is 17.7 Å². The zero-order valence-electron chi connectivity index (χ0n) is 17.9. The van der Waals surface area contributed by atoms with Crippen LogP contribution >= 0.6 is 0 Å². The van der Waals surface area contributed by atoms with Gasteiger partial charge in [0.25, 0.3) is 0 Å². The van der Waals surface area contributed by atoms with Crippen LogP contribution < -0.4 is 10.4 Å². The molecule has 0 aromatic heterocycles. The van der Waals surface area contributed by atoms with E-state index in [1.807, 2.05) is 28.0 Å². The maximum Gasteiger partial charge on any atom is 0.247 e. The van der Waals surface area contributed by atoms with E-state index in [1.54, 1.807) is 5.48 Å². The first-order valence-electron chi connectivity index (χ1n) is 11.4. The van der Waals surface area contributed by atoms with Crippen molar-refractivity contribution in [3.8, 4) is 0 Å². The van der Waals surface area contributed by atoms with Crippen LogP contribution in [0.5, 0.6) is 0 Å². The molecule has 4 rings (SSSR count). The van der Waals surface area contributed by atoms with Gasteiger partial charge >= 0.3 is 0 Å². The summed E-state index contributed by atoms with van der Waals surface area (Å²) in [6.07, 6.45) is 3.48. The van der Waals surface area contributed by atoms with E-state index in [0.717, 1.165) is 44.7 Å². The summed E-state index contributed by atoms with van der Waals surface area (Å²) in [5.74, 6) is -1.91. The van der Waals surface area contributed by atoms with Crippen LogP contribution in [0.4, 0.5) is 5.69 Å². The van der Waals surface area contributed by atoms with Crippen molar-refractivity contribution in [1.29, 1.82) is 0 Å². The molecule has 1 saturated carbocycles. The second-order valence-corrected chi connectivity index (χ2v) is 8.88. The summed E-state index contributed by atoms with van der Waals surface area (Å²) < 4.78 is 0. The van der Waals surface area contributed by atoms with E-state index >= 15 is 0 Å². The van der Waals surface area contributed by atoms with Crippen LogP contribution in [0, 0.1) is 17.8 Å². The van der Waals surface area contributed by atoms with E-state index in [4.69, 9.17) is 0 Å². The number of nitrogens with zero attached hydrogens (tertiary/aromatic N) is 3. The smallest absolute Gasteiger partial charge is 0.247 e. The third kappa shape index (κ3) is 4.69. The van der Waals surface area contributed by atoms with Crippen molar-refractivity contribution < 1.29 is 19.6 Å². The monoisotopic (exact) mass is 428 g/mol. The fourth-order valence-corrected chi connectivity index (χ4v) is 5.32. The number of likely N-dealkylation sites (tertiary alicyclic amines) is 1. The van der Waals surface area contributed by atoms with Crippen LogP contribution in [0.1, 0.15) is 32.1 Å². The van der Waals surface area contributed by atoms with Gasteiger partial charge in [0.05, 0.1) is 5.92 Å². The van der Waals surface area contributed by atoms with E-state index in [2.05, 4.69) is 17.0 Å². The lowest BCUT2D eigenvalue weighted by molar-refractivity contribution is -0.150. The summed E-state index contributed by atoms with van der Waals surface area (Å²) in [5, 5.41) is 9.27. The number of piperazine rings is 1. The molecule has 31 heavy (non-hydrogen) atoms. The lowest BCUT2D eigenvalue weighted by Crippen LogP contribution is -2.53. The maximum absolute atomic E-state index is 13.3. The van der Waals surface area contributed by atoms with Gasteiger partial charge in [-0.05, 0) is 44.2 Å². The van der Waals surface area contributed by atoms with E-state index in [0.29, 0.717) is 32.4 Å². The average Bonchev–Trinajstić information content (AvgIpc) is 3.38. The largest absolute Gasteiger partial charge is 0.368 e. The molecule has 2 saturated heterocycles. The van der Waals surface area contributed by atoms with Crippen molar-refractivity contribution in [2.45, 2.75) is 32.1 Å². The molecule has 8 heteroatoms. The number of carbonyl (C=O) groups is 3. The highest BCUT2D eigenvalue weighted by Crippen LogP contribution is 2.37. The molecule has 0 spiro atoms. The Morgan fingerprint density at radius 2 is 1.45 bits per heavy atom. The van der Waals surface area contributed by atoms with Crippen molar-refractivity contribution in [2.24, 2.45) is 17.8 Å². The highest BCUT2D eigenvalue weighted by Gasteiger charge is 2.44. The number of carbonyl (C=O) groups excluding carboxylic acids is 3. The summed E-state index contributed by atoms with van der Waals surface area (Å²) in [7, 11) is 0. The molecule has 168 valence electrons. The Kier molecular flexibility index (Phi) is 6.75. The Morgan fingerprint density at radius 1 is 0.806 bits per heavy atom. The molecule has 1 aromatic rings. The molecule has 0 bridgehead atoms. The predicted octanol–water partition coefficient (Wildman–Crippen LogP) is 1.50. The normalized spacial score (nSPS) is 26.6.